The zero-order chi connectivity index (χ0) is 11.9. The maximum Gasteiger partial charge on any atom is 0.0929 e. The van der Waals surface area contributed by atoms with Gasteiger partial charge in [-0.05, 0) is 18.8 Å². The quantitative estimate of drug-likeness (QED) is 0.527. The molecular formula is C13H20ClNOS. The van der Waals surface area contributed by atoms with Crippen LogP contribution in [0, 0.1) is 5.92 Å². The second-order valence-electron chi connectivity index (χ2n) is 4.67. The van der Waals surface area contributed by atoms with Crippen LogP contribution < -0.4 is 0 Å². The molecule has 0 radical (unpaired) electrons. The van der Waals surface area contributed by atoms with E-state index in [9.17, 15) is 0 Å². The molecule has 1 aliphatic rings. The van der Waals surface area contributed by atoms with Crippen molar-refractivity contribution in [2.45, 2.75) is 44.4 Å². The van der Waals surface area contributed by atoms with E-state index in [0.29, 0.717) is 5.88 Å². The van der Waals surface area contributed by atoms with Gasteiger partial charge < -0.3 is 4.74 Å². The van der Waals surface area contributed by atoms with Gasteiger partial charge in [-0.1, -0.05) is 19.3 Å². The number of thiazole rings is 1. The predicted molar refractivity (Wildman–Crippen MR) is 72.8 cm³/mol. The Morgan fingerprint density at radius 1 is 1.41 bits per heavy atom. The summed E-state index contributed by atoms with van der Waals surface area (Å²) < 4.78 is 5.65. The second kappa shape index (κ2) is 7.34. The topological polar surface area (TPSA) is 22.1 Å². The first-order valence-corrected chi connectivity index (χ1v) is 7.87. The van der Waals surface area contributed by atoms with E-state index in [1.54, 1.807) is 11.3 Å². The number of alkyl halides is 1. The zero-order valence-corrected chi connectivity index (χ0v) is 11.7. The average Bonchev–Trinajstić information content (AvgIpc) is 2.73. The number of nitrogens with zero attached hydrogens (tertiary/aromatic N) is 1. The summed E-state index contributed by atoms with van der Waals surface area (Å²) in [7, 11) is 0. The Morgan fingerprint density at radius 3 is 2.94 bits per heavy atom. The van der Waals surface area contributed by atoms with Gasteiger partial charge in [-0.2, -0.15) is 0 Å². The molecule has 1 aliphatic carbocycles. The van der Waals surface area contributed by atoms with Crippen LogP contribution in [0.4, 0.5) is 0 Å². The van der Waals surface area contributed by atoms with Crippen molar-refractivity contribution >= 4 is 22.9 Å². The monoisotopic (exact) mass is 273 g/mol. The maximum absolute atomic E-state index is 5.71. The predicted octanol–water partition coefficient (Wildman–Crippen LogP) is 4.02. The van der Waals surface area contributed by atoms with E-state index in [4.69, 9.17) is 16.3 Å². The highest BCUT2D eigenvalue weighted by molar-refractivity contribution is 7.09. The average molecular weight is 274 g/mol. The molecule has 0 aromatic carbocycles. The molecule has 0 aliphatic heterocycles. The normalized spacial score (nSPS) is 16.1. The number of aryl methyl sites for hydroxylation is 1. The Labute approximate surface area is 112 Å². The van der Waals surface area contributed by atoms with Crippen LogP contribution in [0.25, 0.3) is 0 Å². The Hall–Kier alpha value is -0.120. The van der Waals surface area contributed by atoms with Crippen LogP contribution >= 0.6 is 22.9 Å². The fourth-order valence-electron chi connectivity index (χ4n) is 1.98. The van der Waals surface area contributed by atoms with Crippen molar-refractivity contribution < 1.29 is 4.74 Å². The fraction of sp³-hybridized carbons (Fsp3) is 0.769. The van der Waals surface area contributed by atoms with Gasteiger partial charge in [0.25, 0.3) is 0 Å². The Bertz CT molecular complexity index is 325. The van der Waals surface area contributed by atoms with Crippen molar-refractivity contribution in [3.05, 3.63) is 16.1 Å². The van der Waals surface area contributed by atoms with Crippen LogP contribution in [-0.4, -0.2) is 18.2 Å². The lowest BCUT2D eigenvalue weighted by Crippen LogP contribution is -2.13. The lowest BCUT2D eigenvalue weighted by atomic mass is 9.83. The zero-order valence-electron chi connectivity index (χ0n) is 10.2. The summed E-state index contributed by atoms with van der Waals surface area (Å²) in [5.41, 5.74) is 0.998. The third-order valence-electron chi connectivity index (χ3n) is 3.31. The van der Waals surface area contributed by atoms with Crippen LogP contribution in [0.1, 0.15) is 42.8 Å². The highest BCUT2D eigenvalue weighted by atomic mass is 35.5. The van der Waals surface area contributed by atoms with Gasteiger partial charge in [0.05, 0.1) is 16.6 Å². The molecule has 0 bridgehead atoms. The first-order valence-electron chi connectivity index (χ1n) is 6.45. The van der Waals surface area contributed by atoms with Gasteiger partial charge in [-0.15, -0.1) is 22.9 Å². The number of halogens is 1. The van der Waals surface area contributed by atoms with Crippen LogP contribution in [0.15, 0.2) is 5.38 Å². The van der Waals surface area contributed by atoms with Gasteiger partial charge in [0.2, 0.25) is 0 Å². The molecule has 1 heterocycles. The number of rotatable bonds is 8. The molecule has 0 saturated heterocycles. The van der Waals surface area contributed by atoms with Gasteiger partial charge in [0.15, 0.2) is 0 Å². The summed E-state index contributed by atoms with van der Waals surface area (Å²) >= 11 is 7.42. The highest BCUT2D eigenvalue weighted by Gasteiger charge is 2.16. The molecule has 0 amide bonds. The molecular weight excluding hydrogens is 254 g/mol. The van der Waals surface area contributed by atoms with Crippen molar-refractivity contribution in [3.8, 4) is 0 Å². The molecule has 0 unspecified atom stereocenters. The summed E-state index contributed by atoms with van der Waals surface area (Å²) in [4.78, 5) is 4.43. The number of ether oxygens (including phenoxy) is 1. The molecule has 1 aromatic rings. The van der Waals surface area contributed by atoms with Crippen LogP contribution in [0.2, 0.25) is 0 Å². The highest BCUT2D eigenvalue weighted by Crippen LogP contribution is 2.29. The summed E-state index contributed by atoms with van der Waals surface area (Å²) in [5.74, 6) is 1.48. The van der Waals surface area contributed by atoms with Crippen LogP contribution in [0.5, 0.6) is 0 Å². The first-order chi connectivity index (χ1) is 8.38. The van der Waals surface area contributed by atoms with Gasteiger partial charge in [0, 0.05) is 25.0 Å². The fourth-order valence-corrected chi connectivity index (χ4v) is 3.05. The molecule has 1 fully saturated rings. The van der Waals surface area contributed by atoms with E-state index >= 15 is 0 Å². The summed E-state index contributed by atoms with van der Waals surface area (Å²) in [6, 6.07) is 0. The molecule has 96 valence electrons. The van der Waals surface area contributed by atoms with E-state index in [0.717, 1.165) is 37.7 Å². The van der Waals surface area contributed by atoms with E-state index in [1.807, 2.05) is 5.38 Å². The van der Waals surface area contributed by atoms with Gasteiger partial charge in [-0.3, -0.25) is 0 Å². The Kier molecular flexibility index (Phi) is 5.75. The van der Waals surface area contributed by atoms with Crippen LogP contribution in [0.3, 0.4) is 0 Å². The number of aromatic nitrogens is 1. The first kappa shape index (κ1) is 13.3. The van der Waals surface area contributed by atoms with Crippen molar-refractivity contribution in [2.75, 3.05) is 13.2 Å². The number of hydrogen-bond donors (Lipinski definition) is 0. The molecule has 0 spiro atoms. The standard InChI is InChI=1S/C13H20ClNOS/c14-9-12-10-17-13(15-12)5-2-7-16-8-6-11-3-1-4-11/h10-11H,1-9H2. The largest absolute Gasteiger partial charge is 0.381 e. The SMILES string of the molecule is ClCc1csc(CCCOCCC2CCC2)n1. The molecule has 2 nitrogen and oxygen atoms in total. The lowest BCUT2D eigenvalue weighted by molar-refractivity contribution is 0.105. The molecule has 0 N–H and O–H groups in total. The van der Waals surface area contributed by atoms with E-state index in [1.165, 1.54) is 30.7 Å². The van der Waals surface area contributed by atoms with E-state index in [-0.39, 0.29) is 0 Å². The van der Waals surface area contributed by atoms with Crippen molar-refractivity contribution in [1.82, 2.24) is 4.98 Å². The van der Waals surface area contributed by atoms with Crippen LogP contribution in [-0.2, 0) is 17.0 Å². The maximum atomic E-state index is 5.71. The second-order valence-corrected chi connectivity index (χ2v) is 5.88. The molecule has 17 heavy (non-hydrogen) atoms. The lowest BCUT2D eigenvalue weighted by Gasteiger charge is -2.24. The van der Waals surface area contributed by atoms with E-state index in [2.05, 4.69) is 4.98 Å². The van der Waals surface area contributed by atoms with Crippen molar-refractivity contribution in [2.24, 2.45) is 5.92 Å². The van der Waals surface area contributed by atoms with Gasteiger partial charge in [-0.25, -0.2) is 4.98 Å². The van der Waals surface area contributed by atoms with E-state index < -0.39 is 0 Å². The Morgan fingerprint density at radius 2 is 2.29 bits per heavy atom. The minimum absolute atomic E-state index is 0.522. The molecule has 4 heteroatoms. The smallest absolute Gasteiger partial charge is 0.0929 e. The Balaban J connectivity index is 1.47. The molecule has 1 aromatic heterocycles. The van der Waals surface area contributed by atoms with Gasteiger partial charge >= 0.3 is 0 Å². The number of hydrogen-bond acceptors (Lipinski definition) is 3. The van der Waals surface area contributed by atoms with Gasteiger partial charge in [0.1, 0.15) is 0 Å². The summed E-state index contributed by atoms with van der Waals surface area (Å²) in [6.07, 6.45) is 7.61. The van der Waals surface area contributed by atoms with Crippen molar-refractivity contribution in [3.63, 3.8) is 0 Å². The molecule has 2 rings (SSSR count). The minimum atomic E-state index is 0.522. The third kappa shape index (κ3) is 4.57. The molecule has 1 saturated carbocycles. The third-order valence-corrected chi connectivity index (χ3v) is 4.54. The summed E-state index contributed by atoms with van der Waals surface area (Å²) in [5, 5.41) is 3.23. The van der Waals surface area contributed by atoms with Crippen molar-refractivity contribution in [1.29, 1.82) is 0 Å². The molecule has 0 atom stereocenters. The minimum Gasteiger partial charge on any atom is -0.381 e. The summed E-state index contributed by atoms with van der Waals surface area (Å²) in [6.45, 7) is 1.80.